The third kappa shape index (κ3) is 5.55. The van der Waals surface area contributed by atoms with Crippen LogP contribution in [0, 0.1) is 5.92 Å². The summed E-state index contributed by atoms with van der Waals surface area (Å²) in [6.07, 6.45) is 3.55. The lowest BCUT2D eigenvalue weighted by Crippen LogP contribution is -2.36. The van der Waals surface area contributed by atoms with Crippen molar-refractivity contribution in [2.24, 2.45) is 5.92 Å². The van der Waals surface area contributed by atoms with Gasteiger partial charge in [0.1, 0.15) is 5.75 Å². The molecule has 1 aromatic carbocycles. The molecule has 1 aromatic rings. The maximum Gasteiger partial charge on any atom is 0.258 e. The largest absolute Gasteiger partial charge is 0.484 e. The highest BCUT2D eigenvalue weighted by molar-refractivity contribution is 5.95. The molecule has 0 bridgehead atoms. The lowest BCUT2D eigenvalue weighted by atomic mass is 10.0. The Labute approximate surface area is 144 Å². The molecule has 132 valence electrons. The van der Waals surface area contributed by atoms with Gasteiger partial charge in [-0.25, -0.2) is 0 Å². The number of anilines is 1. The van der Waals surface area contributed by atoms with Gasteiger partial charge in [0.25, 0.3) is 5.91 Å². The highest BCUT2D eigenvalue weighted by Crippen LogP contribution is 2.25. The zero-order valence-corrected chi connectivity index (χ0v) is 14.9. The van der Waals surface area contributed by atoms with Crippen LogP contribution in [0.2, 0.25) is 0 Å². The molecule has 5 nitrogen and oxygen atoms in total. The Bertz CT molecular complexity index is 571. The SMILES string of the molecule is CC(C)CC[C@@H](C)NC(=O)COc1cccc(N2CCCC2=O)c1. The molecule has 1 heterocycles. The number of carbonyl (C=O) groups excluding carboxylic acids is 2. The number of nitrogens with zero attached hydrogens (tertiary/aromatic N) is 1. The van der Waals surface area contributed by atoms with Crippen molar-refractivity contribution in [3.63, 3.8) is 0 Å². The maximum atomic E-state index is 12.0. The minimum Gasteiger partial charge on any atom is -0.484 e. The van der Waals surface area contributed by atoms with Crippen molar-refractivity contribution in [2.75, 3.05) is 18.1 Å². The van der Waals surface area contributed by atoms with Crippen LogP contribution in [0.15, 0.2) is 24.3 Å². The quantitative estimate of drug-likeness (QED) is 0.795. The predicted octanol–water partition coefficient (Wildman–Crippen LogP) is 3.13. The maximum absolute atomic E-state index is 12.0. The molecule has 1 fully saturated rings. The number of hydrogen-bond acceptors (Lipinski definition) is 3. The van der Waals surface area contributed by atoms with Crippen molar-refractivity contribution in [1.82, 2.24) is 5.32 Å². The summed E-state index contributed by atoms with van der Waals surface area (Å²) in [5, 5.41) is 2.95. The second kappa shape index (κ2) is 8.71. The molecule has 0 aliphatic carbocycles. The van der Waals surface area contributed by atoms with Gasteiger partial charge >= 0.3 is 0 Å². The number of benzene rings is 1. The van der Waals surface area contributed by atoms with Crippen LogP contribution in [0.4, 0.5) is 5.69 Å². The Morgan fingerprint density at radius 1 is 1.29 bits per heavy atom. The number of rotatable bonds is 8. The van der Waals surface area contributed by atoms with E-state index in [9.17, 15) is 9.59 Å². The van der Waals surface area contributed by atoms with E-state index in [2.05, 4.69) is 19.2 Å². The molecular formula is C19H28N2O3. The van der Waals surface area contributed by atoms with E-state index in [0.717, 1.165) is 31.5 Å². The van der Waals surface area contributed by atoms with E-state index in [1.807, 2.05) is 25.1 Å². The second-order valence-electron chi connectivity index (χ2n) is 6.87. The number of hydrogen-bond donors (Lipinski definition) is 1. The molecule has 0 saturated carbocycles. The van der Waals surface area contributed by atoms with Gasteiger partial charge in [-0.15, -0.1) is 0 Å². The molecule has 2 amide bonds. The first-order valence-electron chi connectivity index (χ1n) is 8.78. The Hall–Kier alpha value is -2.04. The van der Waals surface area contributed by atoms with Crippen LogP contribution in [-0.2, 0) is 9.59 Å². The van der Waals surface area contributed by atoms with Gasteiger partial charge in [0.2, 0.25) is 5.91 Å². The molecule has 0 unspecified atom stereocenters. The molecule has 5 heteroatoms. The van der Waals surface area contributed by atoms with Crippen molar-refractivity contribution in [1.29, 1.82) is 0 Å². The number of carbonyl (C=O) groups is 2. The fourth-order valence-corrected chi connectivity index (χ4v) is 2.78. The summed E-state index contributed by atoms with van der Waals surface area (Å²) in [4.78, 5) is 25.5. The summed E-state index contributed by atoms with van der Waals surface area (Å²) in [6, 6.07) is 7.51. The highest BCUT2D eigenvalue weighted by atomic mass is 16.5. The molecule has 1 saturated heterocycles. The van der Waals surface area contributed by atoms with Crippen molar-refractivity contribution in [2.45, 2.75) is 52.5 Å². The van der Waals surface area contributed by atoms with E-state index < -0.39 is 0 Å². The zero-order chi connectivity index (χ0) is 17.5. The summed E-state index contributed by atoms with van der Waals surface area (Å²) >= 11 is 0. The van der Waals surface area contributed by atoms with Crippen LogP contribution in [-0.4, -0.2) is 31.0 Å². The first kappa shape index (κ1) is 18.3. The summed E-state index contributed by atoms with van der Waals surface area (Å²) in [5.41, 5.74) is 0.834. The molecule has 0 aromatic heterocycles. The molecule has 1 aliphatic rings. The van der Waals surface area contributed by atoms with E-state index >= 15 is 0 Å². The molecule has 1 atom stereocenters. The highest BCUT2D eigenvalue weighted by Gasteiger charge is 2.21. The van der Waals surface area contributed by atoms with Crippen molar-refractivity contribution in [3.8, 4) is 5.75 Å². The zero-order valence-electron chi connectivity index (χ0n) is 14.9. The van der Waals surface area contributed by atoms with Crippen LogP contribution in [0.25, 0.3) is 0 Å². The standard InChI is InChI=1S/C19H28N2O3/c1-14(2)9-10-15(3)20-18(22)13-24-17-7-4-6-16(12-17)21-11-5-8-19(21)23/h4,6-7,12,14-15H,5,8-11,13H2,1-3H3,(H,20,22)/t15-/m1/s1. The minimum absolute atomic E-state index is 0.0105. The van der Waals surface area contributed by atoms with Gasteiger partial charge in [-0.05, 0) is 44.2 Å². The first-order chi connectivity index (χ1) is 11.5. The number of amides is 2. The number of nitrogens with one attached hydrogen (secondary N) is 1. The summed E-state index contributed by atoms with van der Waals surface area (Å²) in [5.74, 6) is 1.27. The molecule has 1 N–H and O–H groups in total. The van der Waals surface area contributed by atoms with Crippen molar-refractivity contribution in [3.05, 3.63) is 24.3 Å². The Kier molecular flexibility index (Phi) is 6.64. The van der Waals surface area contributed by atoms with E-state index in [1.54, 1.807) is 11.0 Å². The smallest absolute Gasteiger partial charge is 0.258 e. The molecule has 0 radical (unpaired) electrons. The average Bonchev–Trinajstić information content (AvgIpc) is 2.97. The van der Waals surface area contributed by atoms with Gasteiger partial charge < -0.3 is 15.0 Å². The summed E-state index contributed by atoms with van der Waals surface area (Å²) < 4.78 is 5.58. The van der Waals surface area contributed by atoms with Crippen LogP contribution in [0.5, 0.6) is 5.75 Å². The topological polar surface area (TPSA) is 58.6 Å². The predicted molar refractivity (Wildman–Crippen MR) is 95.2 cm³/mol. The fraction of sp³-hybridized carbons (Fsp3) is 0.579. The summed E-state index contributed by atoms with van der Waals surface area (Å²) in [7, 11) is 0. The third-order valence-corrected chi connectivity index (χ3v) is 4.16. The lowest BCUT2D eigenvalue weighted by Gasteiger charge is -2.17. The molecule has 1 aliphatic heterocycles. The van der Waals surface area contributed by atoms with Crippen LogP contribution >= 0.6 is 0 Å². The van der Waals surface area contributed by atoms with Gasteiger partial charge in [-0.3, -0.25) is 9.59 Å². The van der Waals surface area contributed by atoms with Crippen molar-refractivity contribution < 1.29 is 14.3 Å². The second-order valence-corrected chi connectivity index (χ2v) is 6.87. The van der Waals surface area contributed by atoms with Gasteiger partial charge in [0.05, 0.1) is 0 Å². The van der Waals surface area contributed by atoms with Gasteiger partial charge in [-0.1, -0.05) is 19.9 Å². The monoisotopic (exact) mass is 332 g/mol. The molecular weight excluding hydrogens is 304 g/mol. The average molecular weight is 332 g/mol. The summed E-state index contributed by atoms with van der Waals surface area (Å²) in [6.45, 7) is 7.10. The van der Waals surface area contributed by atoms with E-state index in [-0.39, 0.29) is 24.5 Å². The third-order valence-electron chi connectivity index (χ3n) is 4.16. The first-order valence-corrected chi connectivity index (χ1v) is 8.78. The van der Waals surface area contributed by atoms with Gasteiger partial charge in [0, 0.05) is 30.8 Å². The Morgan fingerprint density at radius 3 is 2.75 bits per heavy atom. The molecule has 2 rings (SSSR count). The minimum atomic E-state index is -0.117. The Morgan fingerprint density at radius 2 is 2.08 bits per heavy atom. The number of ether oxygens (including phenoxy) is 1. The van der Waals surface area contributed by atoms with Crippen LogP contribution < -0.4 is 15.0 Å². The van der Waals surface area contributed by atoms with E-state index in [4.69, 9.17) is 4.74 Å². The van der Waals surface area contributed by atoms with Gasteiger partial charge in [-0.2, -0.15) is 0 Å². The van der Waals surface area contributed by atoms with E-state index in [1.165, 1.54) is 0 Å². The van der Waals surface area contributed by atoms with Crippen molar-refractivity contribution >= 4 is 17.5 Å². The molecule has 24 heavy (non-hydrogen) atoms. The lowest BCUT2D eigenvalue weighted by molar-refractivity contribution is -0.123. The van der Waals surface area contributed by atoms with Crippen LogP contribution in [0.3, 0.4) is 0 Å². The van der Waals surface area contributed by atoms with Gasteiger partial charge in [0.15, 0.2) is 6.61 Å². The normalized spacial score (nSPS) is 15.7. The van der Waals surface area contributed by atoms with Crippen LogP contribution in [0.1, 0.15) is 46.5 Å². The Balaban J connectivity index is 1.81. The fourth-order valence-electron chi connectivity index (χ4n) is 2.78. The van der Waals surface area contributed by atoms with E-state index in [0.29, 0.717) is 18.1 Å². The molecule has 0 spiro atoms.